The molecule has 0 saturated carbocycles. The summed E-state index contributed by atoms with van der Waals surface area (Å²) in [5, 5.41) is 8.62. The Morgan fingerprint density at radius 1 is 1.39 bits per heavy atom. The highest BCUT2D eigenvalue weighted by atomic mass is 32.2. The van der Waals surface area contributed by atoms with Crippen LogP contribution in [0.1, 0.15) is 12.8 Å². The highest BCUT2D eigenvalue weighted by Gasteiger charge is 2.15. The van der Waals surface area contributed by atoms with Crippen molar-refractivity contribution in [2.45, 2.75) is 23.8 Å². The minimum Gasteiger partial charge on any atom is -0.497 e. The van der Waals surface area contributed by atoms with Crippen LogP contribution in [0.25, 0.3) is 0 Å². The third-order valence-corrected chi connectivity index (χ3v) is 4.25. The maximum absolute atomic E-state index is 12.1. The van der Waals surface area contributed by atoms with E-state index in [2.05, 4.69) is 9.71 Å². The molecule has 1 unspecified atom stereocenters. The van der Waals surface area contributed by atoms with Gasteiger partial charge in [-0.2, -0.15) is 0 Å². The molecule has 0 aliphatic heterocycles. The Kier molecular flexibility index (Phi) is 6.79. The van der Waals surface area contributed by atoms with Crippen molar-refractivity contribution in [2.75, 3.05) is 13.7 Å². The molecule has 128 valence electrons. The molecular weight excluding hydrogens is 324 g/mol. The van der Waals surface area contributed by atoms with Gasteiger partial charge < -0.3 is 21.3 Å². The maximum atomic E-state index is 12.1. The fraction of sp³-hybridized carbons (Fsp3) is 0.385. The van der Waals surface area contributed by atoms with E-state index in [1.807, 2.05) is 0 Å². The number of nitrogens with one attached hydrogen (secondary N) is 1. The van der Waals surface area contributed by atoms with Crippen LogP contribution in [-0.2, 0) is 14.8 Å². The van der Waals surface area contributed by atoms with Crippen molar-refractivity contribution < 1.29 is 23.1 Å². The topological polar surface area (TPSA) is 157 Å². The van der Waals surface area contributed by atoms with Crippen LogP contribution < -0.4 is 20.9 Å². The number of nitrogens with two attached hydrogens (primary N) is 2. The quantitative estimate of drug-likeness (QED) is 0.281. The summed E-state index contributed by atoms with van der Waals surface area (Å²) in [5.41, 5.74) is 10.9. The first-order chi connectivity index (χ1) is 10.8. The molecule has 1 aromatic rings. The summed E-state index contributed by atoms with van der Waals surface area (Å²) in [7, 11) is -2.36. The Bertz CT molecular complexity index is 657. The van der Waals surface area contributed by atoms with Crippen molar-refractivity contribution in [3.05, 3.63) is 24.3 Å². The standard InChI is InChI=1S/C13H20N4O5S/c1-22-9-4-6-10(7-5-9)23(20,21)17-13(15)16-8-2-3-11(14)12(18)19/h4-7,11H,2-3,8,14H2,1H3,(H,18,19)(H3,15,16,17). The van der Waals surface area contributed by atoms with Gasteiger partial charge in [-0.05, 0) is 37.1 Å². The van der Waals surface area contributed by atoms with Crippen molar-refractivity contribution >= 4 is 22.0 Å². The number of sulfonamides is 1. The first-order valence-electron chi connectivity index (χ1n) is 6.71. The number of benzene rings is 1. The lowest BCUT2D eigenvalue weighted by Gasteiger charge is -2.08. The minimum absolute atomic E-state index is 0.0179. The van der Waals surface area contributed by atoms with E-state index >= 15 is 0 Å². The van der Waals surface area contributed by atoms with E-state index in [4.69, 9.17) is 21.3 Å². The van der Waals surface area contributed by atoms with Crippen molar-refractivity contribution in [1.29, 1.82) is 0 Å². The molecule has 0 aliphatic rings. The number of guanidine groups is 1. The van der Waals surface area contributed by atoms with Crippen LogP contribution >= 0.6 is 0 Å². The highest BCUT2D eigenvalue weighted by Crippen LogP contribution is 2.15. The summed E-state index contributed by atoms with van der Waals surface area (Å²) in [4.78, 5) is 14.4. The summed E-state index contributed by atoms with van der Waals surface area (Å²) in [6.45, 7) is 0.165. The molecule has 9 nitrogen and oxygen atoms in total. The number of aliphatic carboxylic acids is 1. The van der Waals surface area contributed by atoms with E-state index in [-0.39, 0.29) is 23.8 Å². The average molecular weight is 344 g/mol. The Labute approximate surface area is 134 Å². The average Bonchev–Trinajstić information content (AvgIpc) is 2.50. The number of rotatable bonds is 8. The van der Waals surface area contributed by atoms with Gasteiger partial charge in [-0.1, -0.05) is 0 Å². The van der Waals surface area contributed by atoms with E-state index in [1.165, 1.54) is 31.4 Å². The van der Waals surface area contributed by atoms with Crippen molar-refractivity contribution in [3.63, 3.8) is 0 Å². The van der Waals surface area contributed by atoms with Crippen molar-refractivity contribution in [3.8, 4) is 5.75 Å². The molecule has 0 spiro atoms. The van der Waals surface area contributed by atoms with Crippen LogP contribution in [0.15, 0.2) is 34.2 Å². The minimum atomic E-state index is -3.83. The lowest BCUT2D eigenvalue weighted by molar-refractivity contribution is -0.138. The fourth-order valence-electron chi connectivity index (χ4n) is 1.62. The normalized spacial score (nSPS) is 13.4. The van der Waals surface area contributed by atoms with Crippen molar-refractivity contribution in [1.82, 2.24) is 4.72 Å². The van der Waals surface area contributed by atoms with Crippen LogP contribution in [-0.4, -0.2) is 45.1 Å². The molecule has 0 fully saturated rings. The molecule has 6 N–H and O–H groups in total. The molecule has 0 aromatic heterocycles. The van der Waals surface area contributed by atoms with Gasteiger partial charge in [0, 0.05) is 6.54 Å². The number of nitrogens with zero attached hydrogens (tertiary/aromatic N) is 1. The zero-order valence-electron chi connectivity index (χ0n) is 12.6. The van der Waals surface area contributed by atoms with E-state index in [0.717, 1.165) is 0 Å². The molecule has 1 rings (SSSR count). The number of carboxylic acid groups (broad SMARTS) is 1. The number of carbonyl (C=O) groups is 1. The number of aliphatic imine (C=N–C) groups is 1. The fourth-order valence-corrected chi connectivity index (χ4v) is 2.57. The van der Waals surface area contributed by atoms with Crippen LogP contribution in [0, 0.1) is 0 Å². The van der Waals surface area contributed by atoms with Gasteiger partial charge in [0.25, 0.3) is 10.0 Å². The smallest absolute Gasteiger partial charge is 0.320 e. The lowest BCUT2D eigenvalue weighted by Crippen LogP contribution is -2.37. The molecule has 10 heteroatoms. The monoisotopic (exact) mass is 344 g/mol. The van der Waals surface area contributed by atoms with E-state index in [0.29, 0.717) is 12.2 Å². The summed E-state index contributed by atoms with van der Waals surface area (Å²) in [6, 6.07) is 4.80. The first kappa shape index (κ1) is 18.7. The molecular formula is C13H20N4O5S. The van der Waals surface area contributed by atoms with Crippen molar-refractivity contribution in [2.24, 2.45) is 16.5 Å². The van der Waals surface area contributed by atoms with Crippen LogP contribution in [0.2, 0.25) is 0 Å². The van der Waals surface area contributed by atoms with Gasteiger partial charge in [0.1, 0.15) is 11.8 Å². The maximum Gasteiger partial charge on any atom is 0.320 e. The Hall–Kier alpha value is -2.33. The molecule has 1 atom stereocenters. The van der Waals surface area contributed by atoms with Gasteiger partial charge in [-0.25, -0.2) is 13.1 Å². The summed E-state index contributed by atoms with van der Waals surface area (Å²) in [6.07, 6.45) is 0.593. The van der Waals surface area contributed by atoms with Gasteiger partial charge >= 0.3 is 5.97 Å². The second-order valence-corrected chi connectivity index (χ2v) is 6.32. The number of hydrogen-bond acceptors (Lipinski definition) is 6. The predicted molar refractivity (Wildman–Crippen MR) is 84.7 cm³/mol. The van der Waals surface area contributed by atoms with Gasteiger partial charge in [0.15, 0.2) is 0 Å². The van der Waals surface area contributed by atoms with E-state index < -0.39 is 22.0 Å². The van der Waals surface area contributed by atoms with Crippen LogP contribution in [0.4, 0.5) is 0 Å². The number of ether oxygens (including phenoxy) is 1. The largest absolute Gasteiger partial charge is 0.497 e. The molecule has 0 radical (unpaired) electrons. The van der Waals surface area contributed by atoms with Gasteiger partial charge in [0.2, 0.25) is 5.96 Å². The Morgan fingerprint density at radius 2 is 2.00 bits per heavy atom. The highest BCUT2D eigenvalue weighted by molar-refractivity contribution is 7.90. The zero-order chi connectivity index (χ0) is 17.5. The Morgan fingerprint density at radius 3 is 2.52 bits per heavy atom. The second kappa shape index (κ2) is 8.34. The molecule has 0 aliphatic carbocycles. The third-order valence-electron chi connectivity index (χ3n) is 2.88. The van der Waals surface area contributed by atoms with Crippen LogP contribution in [0.3, 0.4) is 0 Å². The molecule has 0 saturated heterocycles. The first-order valence-corrected chi connectivity index (χ1v) is 8.19. The molecule has 0 bridgehead atoms. The van der Waals surface area contributed by atoms with Gasteiger partial charge in [-0.15, -0.1) is 0 Å². The third kappa shape index (κ3) is 6.12. The number of hydrogen-bond donors (Lipinski definition) is 4. The van der Waals surface area contributed by atoms with E-state index in [9.17, 15) is 13.2 Å². The number of carboxylic acids is 1. The second-order valence-electron chi connectivity index (χ2n) is 4.63. The number of methoxy groups -OCH3 is 1. The summed E-state index contributed by atoms with van der Waals surface area (Å²) < 4.78 is 31.2. The Balaban J connectivity index is 2.58. The summed E-state index contributed by atoms with van der Waals surface area (Å²) >= 11 is 0. The molecule has 0 amide bonds. The molecule has 0 heterocycles. The lowest BCUT2D eigenvalue weighted by atomic mass is 10.2. The van der Waals surface area contributed by atoms with Gasteiger partial charge in [-0.3, -0.25) is 9.79 Å². The zero-order valence-corrected chi connectivity index (χ0v) is 13.4. The predicted octanol–water partition coefficient (Wildman–Crippen LogP) is -0.520. The molecule has 1 aromatic carbocycles. The van der Waals surface area contributed by atoms with Crippen LogP contribution in [0.5, 0.6) is 5.75 Å². The van der Waals surface area contributed by atoms with E-state index in [1.54, 1.807) is 0 Å². The molecule has 23 heavy (non-hydrogen) atoms. The van der Waals surface area contributed by atoms with Gasteiger partial charge in [0.05, 0.1) is 12.0 Å². The SMILES string of the molecule is COc1ccc(S(=O)(=O)NC(N)=NCCCC(N)C(=O)O)cc1. The summed E-state index contributed by atoms with van der Waals surface area (Å²) in [5.74, 6) is -0.841.